The Labute approximate surface area is 272 Å². The van der Waals surface area contributed by atoms with E-state index in [1.807, 2.05) is 20.8 Å². The molecule has 252 valence electrons. The van der Waals surface area contributed by atoms with Gasteiger partial charge in [-0.3, -0.25) is 23.9 Å². The second-order valence-corrected chi connectivity index (χ2v) is 16.2. The van der Waals surface area contributed by atoms with E-state index >= 15 is 0 Å². The van der Waals surface area contributed by atoms with E-state index in [0.717, 1.165) is 12.3 Å². The number of alkyl halides is 3. The van der Waals surface area contributed by atoms with E-state index in [-0.39, 0.29) is 51.6 Å². The number of anilines is 2. The van der Waals surface area contributed by atoms with Gasteiger partial charge in [-0.05, 0) is 53.6 Å². The predicted molar refractivity (Wildman–Crippen MR) is 177 cm³/mol. The smallest absolute Gasteiger partial charge is 0.416 e. The summed E-state index contributed by atoms with van der Waals surface area (Å²) in [5, 5.41) is 17.6. The number of amidine groups is 1. The number of benzene rings is 3. The third-order valence-corrected chi connectivity index (χ3v) is 9.91. The lowest BCUT2D eigenvalue weighted by molar-refractivity contribution is -0.138. The molecule has 0 aromatic heterocycles. The lowest BCUT2D eigenvalue weighted by Gasteiger charge is -2.42. The van der Waals surface area contributed by atoms with E-state index in [0.29, 0.717) is 12.0 Å². The largest absolute Gasteiger partial charge is 0.506 e. The predicted octanol–water partition coefficient (Wildman–Crippen LogP) is 7.29. The van der Waals surface area contributed by atoms with Crippen LogP contribution in [-0.2, 0) is 33.1 Å². The topological polar surface area (TPSA) is 160 Å². The van der Waals surface area contributed by atoms with Crippen molar-refractivity contribution in [2.45, 2.75) is 56.8 Å². The SMILES string of the molecule is CC(C)(C)CCC1(NCc2ccccc2C(F)(F)F)C(=O)C(C2=NS(O)(O)c3cc(NS(C)(=O)=O)ccc3N2)=C(O)c2ccccc21. The molecular weight excluding hydrogens is 658 g/mol. The molecule has 0 fully saturated rings. The number of aliphatic hydroxyl groups is 1. The van der Waals surface area contributed by atoms with Crippen molar-refractivity contribution in [1.82, 2.24) is 5.32 Å². The molecule has 15 heteroatoms. The minimum absolute atomic E-state index is 0.0425. The number of Topliss-reactive ketones (excluding diaryl/α,β-unsaturated/α-hetero) is 1. The Hall–Kier alpha value is -3.89. The summed E-state index contributed by atoms with van der Waals surface area (Å²) >= 11 is 0. The molecule has 2 aliphatic rings. The van der Waals surface area contributed by atoms with Crippen LogP contribution >= 0.6 is 10.8 Å². The average molecular weight is 693 g/mol. The number of rotatable bonds is 8. The summed E-state index contributed by atoms with van der Waals surface area (Å²) in [4.78, 5) is 14.7. The van der Waals surface area contributed by atoms with Gasteiger partial charge < -0.3 is 10.4 Å². The molecule has 0 amide bonds. The van der Waals surface area contributed by atoms with Crippen molar-refractivity contribution in [1.29, 1.82) is 0 Å². The number of halogens is 3. The van der Waals surface area contributed by atoms with Crippen LogP contribution in [0.5, 0.6) is 0 Å². The number of hydrogen-bond acceptors (Lipinski definition) is 9. The van der Waals surface area contributed by atoms with E-state index in [1.165, 1.54) is 36.4 Å². The van der Waals surface area contributed by atoms with Gasteiger partial charge in [0.2, 0.25) is 10.0 Å². The number of nitrogens with one attached hydrogen (secondary N) is 3. The first-order chi connectivity index (χ1) is 21.7. The van der Waals surface area contributed by atoms with Gasteiger partial charge in [0, 0.05) is 12.1 Å². The van der Waals surface area contributed by atoms with E-state index in [1.54, 1.807) is 24.3 Å². The Morgan fingerprint density at radius 1 is 1.00 bits per heavy atom. The number of carbonyl (C=O) groups is 1. The maximum atomic E-state index is 14.8. The molecule has 6 N–H and O–H groups in total. The first-order valence-electron chi connectivity index (χ1n) is 14.5. The van der Waals surface area contributed by atoms with Gasteiger partial charge in [0.05, 0.1) is 23.2 Å². The van der Waals surface area contributed by atoms with Crippen molar-refractivity contribution >= 4 is 49.6 Å². The Balaban J connectivity index is 1.65. The van der Waals surface area contributed by atoms with Crippen molar-refractivity contribution < 1.29 is 40.6 Å². The summed E-state index contributed by atoms with van der Waals surface area (Å²) in [5.74, 6) is -1.60. The summed E-state index contributed by atoms with van der Waals surface area (Å²) in [6.07, 6.45) is -3.17. The van der Waals surface area contributed by atoms with E-state index in [2.05, 4.69) is 19.8 Å². The molecule has 1 unspecified atom stereocenters. The molecule has 47 heavy (non-hydrogen) atoms. The van der Waals surface area contributed by atoms with Gasteiger partial charge in [0.1, 0.15) is 21.8 Å². The monoisotopic (exact) mass is 692 g/mol. The lowest BCUT2D eigenvalue weighted by Crippen LogP contribution is -2.54. The van der Waals surface area contributed by atoms with Crippen LogP contribution in [-0.4, -0.2) is 40.5 Å². The quantitative estimate of drug-likeness (QED) is 0.144. The maximum Gasteiger partial charge on any atom is 0.416 e. The highest BCUT2D eigenvalue weighted by molar-refractivity contribution is 8.23. The van der Waals surface area contributed by atoms with E-state index < -0.39 is 55.2 Å². The summed E-state index contributed by atoms with van der Waals surface area (Å²) < 4.78 is 93.8. The van der Waals surface area contributed by atoms with Crippen LogP contribution in [0.3, 0.4) is 0 Å². The molecule has 3 aromatic rings. The molecule has 1 heterocycles. The summed E-state index contributed by atoms with van der Waals surface area (Å²) in [6, 6.07) is 15.4. The number of fused-ring (bicyclic) bond motifs is 2. The third kappa shape index (κ3) is 7.04. The molecule has 0 radical (unpaired) electrons. The molecule has 1 aliphatic carbocycles. The molecule has 1 atom stereocenters. The number of nitrogens with zero attached hydrogens (tertiary/aromatic N) is 1. The molecule has 5 rings (SSSR count). The van der Waals surface area contributed by atoms with Crippen LogP contribution in [0.15, 0.2) is 81.6 Å². The third-order valence-electron chi connectivity index (χ3n) is 7.94. The second-order valence-electron chi connectivity index (χ2n) is 12.7. The zero-order valence-electron chi connectivity index (χ0n) is 25.9. The second kappa shape index (κ2) is 12.0. The highest BCUT2D eigenvalue weighted by Gasteiger charge is 2.50. The molecule has 10 nitrogen and oxygen atoms in total. The van der Waals surface area contributed by atoms with Crippen molar-refractivity contribution in [3.05, 3.63) is 94.6 Å². The zero-order chi connectivity index (χ0) is 34.6. The molecule has 1 aliphatic heterocycles. The number of aliphatic hydroxyl groups excluding tert-OH is 1. The van der Waals surface area contributed by atoms with Crippen molar-refractivity contribution in [2.75, 3.05) is 16.3 Å². The first kappa shape index (κ1) is 34.4. The zero-order valence-corrected chi connectivity index (χ0v) is 27.6. The van der Waals surface area contributed by atoms with Crippen LogP contribution in [0.25, 0.3) is 5.76 Å². The van der Waals surface area contributed by atoms with Crippen molar-refractivity contribution in [3.8, 4) is 0 Å². The minimum Gasteiger partial charge on any atom is -0.506 e. The normalized spacial score (nSPS) is 20.1. The van der Waals surface area contributed by atoms with Crippen molar-refractivity contribution in [2.24, 2.45) is 9.81 Å². The van der Waals surface area contributed by atoms with Gasteiger partial charge >= 0.3 is 6.18 Å². The maximum absolute atomic E-state index is 14.8. The lowest BCUT2D eigenvalue weighted by atomic mass is 9.69. The summed E-state index contributed by atoms with van der Waals surface area (Å²) in [5.41, 5.74) is -2.62. The Bertz CT molecular complexity index is 1920. The molecule has 0 bridgehead atoms. The van der Waals surface area contributed by atoms with Crippen LogP contribution in [0.2, 0.25) is 0 Å². The van der Waals surface area contributed by atoms with E-state index in [4.69, 9.17) is 0 Å². The van der Waals surface area contributed by atoms with Gasteiger partial charge in [-0.1, -0.05) is 74.0 Å². The number of sulfonamides is 1. The average Bonchev–Trinajstić information content (AvgIpc) is 2.95. The van der Waals surface area contributed by atoms with E-state index in [9.17, 15) is 40.6 Å². The van der Waals surface area contributed by atoms with Gasteiger partial charge in [-0.25, -0.2) is 8.42 Å². The highest BCUT2D eigenvalue weighted by atomic mass is 32.3. The number of carbonyl (C=O) groups excluding carboxylic acids is 1. The van der Waals surface area contributed by atoms with Gasteiger partial charge in [-0.15, -0.1) is 4.40 Å². The first-order valence-corrected chi connectivity index (χ1v) is 17.9. The van der Waals surface area contributed by atoms with Crippen molar-refractivity contribution in [3.63, 3.8) is 0 Å². The molecule has 0 saturated carbocycles. The van der Waals surface area contributed by atoms with Crippen LogP contribution in [0, 0.1) is 5.41 Å². The van der Waals surface area contributed by atoms with Crippen LogP contribution in [0.4, 0.5) is 24.5 Å². The Morgan fingerprint density at radius 3 is 2.32 bits per heavy atom. The minimum atomic E-state index is -4.64. The fourth-order valence-electron chi connectivity index (χ4n) is 5.70. The number of hydrogen-bond donors (Lipinski definition) is 6. The standard InChI is InChI=1S/C32H35F3N4O6S2/c1-30(2,3)15-16-31(36-18-19-9-5-7-11-22(19)32(33,34)35)23-12-8-6-10-21(23)27(40)26(28(31)41)29-37-24-14-13-20(38-46(4,42)43)17-25(24)47(44,45)39-29/h5-14,17,36,38,40,44-45H,15-16,18H2,1-4H3,(H,37,39). The van der Waals surface area contributed by atoms with Crippen LogP contribution < -0.4 is 15.4 Å². The molecule has 3 aromatic carbocycles. The fraction of sp³-hybridized carbons (Fsp3) is 0.312. The Morgan fingerprint density at radius 2 is 1.66 bits per heavy atom. The summed E-state index contributed by atoms with van der Waals surface area (Å²) in [7, 11) is -7.74. The summed E-state index contributed by atoms with van der Waals surface area (Å²) in [6.45, 7) is 5.51. The van der Waals surface area contributed by atoms with Crippen LogP contribution in [0.1, 0.15) is 55.9 Å². The molecular formula is C32H35F3N4O6S2. The number of ketones is 1. The Kier molecular flexibility index (Phi) is 8.77. The van der Waals surface area contributed by atoms with Gasteiger partial charge in [0.25, 0.3) is 0 Å². The highest BCUT2D eigenvalue weighted by Crippen LogP contribution is 2.57. The van der Waals surface area contributed by atoms with Gasteiger partial charge in [0.15, 0.2) is 11.6 Å². The molecule has 0 spiro atoms. The van der Waals surface area contributed by atoms with Gasteiger partial charge in [-0.2, -0.15) is 13.2 Å². The fourth-order valence-corrected chi connectivity index (χ4v) is 7.44. The molecule has 0 saturated heterocycles.